The van der Waals surface area contributed by atoms with Gasteiger partial charge in [0.1, 0.15) is 11.9 Å². The molecule has 0 radical (unpaired) electrons. The molecule has 31 heavy (non-hydrogen) atoms. The molecule has 2 fully saturated rings. The van der Waals surface area contributed by atoms with Crippen molar-refractivity contribution >= 4 is 11.3 Å². The number of methoxy groups -OCH3 is 1. The van der Waals surface area contributed by atoms with Crippen LogP contribution in [0.2, 0.25) is 0 Å². The Morgan fingerprint density at radius 2 is 2.10 bits per heavy atom. The maximum Gasteiger partial charge on any atom is 0.294 e. The van der Waals surface area contributed by atoms with Gasteiger partial charge in [-0.15, -0.1) is 5.10 Å². The zero-order chi connectivity index (χ0) is 21.5. The third-order valence-electron chi connectivity index (χ3n) is 5.96. The lowest BCUT2D eigenvalue weighted by atomic mass is 9.82. The molecule has 0 spiro atoms. The van der Waals surface area contributed by atoms with E-state index in [9.17, 15) is 9.50 Å². The lowest BCUT2D eigenvalue weighted by Gasteiger charge is -2.44. The van der Waals surface area contributed by atoms with Crippen molar-refractivity contribution in [2.45, 2.75) is 56.6 Å². The topological polar surface area (TPSA) is 94.3 Å². The van der Waals surface area contributed by atoms with Crippen molar-refractivity contribution in [3.63, 3.8) is 0 Å². The van der Waals surface area contributed by atoms with Gasteiger partial charge in [-0.25, -0.2) is 9.07 Å². The van der Waals surface area contributed by atoms with E-state index in [1.807, 2.05) is 25.3 Å². The summed E-state index contributed by atoms with van der Waals surface area (Å²) in [6.45, 7) is 1.90. The summed E-state index contributed by atoms with van der Waals surface area (Å²) in [7, 11) is 1.67. The van der Waals surface area contributed by atoms with Crippen LogP contribution in [0.15, 0.2) is 30.5 Å². The molecular formula is C21H24FN5O3S. The number of piperidine rings is 2. The number of nitrogens with one attached hydrogen (secondary N) is 1. The summed E-state index contributed by atoms with van der Waals surface area (Å²) in [5, 5.41) is 27.2. The predicted octanol–water partition coefficient (Wildman–Crippen LogP) is 3.03. The normalized spacial score (nSPS) is 27.9. The van der Waals surface area contributed by atoms with E-state index in [2.05, 4.69) is 20.6 Å². The number of hydrogen-bond donors (Lipinski definition) is 2. The number of halogens is 1. The van der Waals surface area contributed by atoms with Crippen LogP contribution < -0.4 is 10.1 Å². The van der Waals surface area contributed by atoms with E-state index in [0.29, 0.717) is 28.6 Å². The smallest absolute Gasteiger partial charge is 0.294 e. The van der Waals surface area contributed by atoms with Crippen LogP contribution in [0.4, 0.5) is 4.39 Å². The van der Waals surface area contributed by atoms with Gasteiger partial charge >= 0.3 is 0 Å². The van der Waals surface area contributed by atoms with Crippen LogP contribution in [0.1, 0.15) is 25.0 Å². The molecule has 2 saturated heterocycles. The molecule has 0 aliphatic carbocycles. The van der Waals surface area contributed by atoms with Gasteiger partial charge in [0.05, 0.1) is 23.0 Å². The summed E-state index contributed by atoms with van der Waals surface area (Å²) < 4.78 is 28.0. The van der Waals surface area contributed by atoms with Gasteiger partial charge in [0, 0.05) is 37.9 Å². The van der Waals surface area contributed by atoms with Crippen molar-refractivity contribution in [3.8, 4) is 27.2 Å². The number of fused-ring (bicyclic) bond motifs is 2. The Morgan fingerprint density at radius 1 is 1.23 bits per heavy atom. The summed E-state index contributed by atoms with van der Waals surface area (Å²) >= 11 is 1.20. The summed E-state index contributed by atoms with van der Waals surface area (Å²) in [4.78, 5) is 0. The van der Waals surface area contributed by atoms with Gasteiger partial charge in [-0.1, -0.05) is 16.4 Å². The maximum atomic E-state index is 15.0. The second-order valence-corrected chi connectivity index (χ2v) is 9.05. The Labute approximate surface area is 183 Å². The minimum Gasteiger partial charge on any atom is -0.507 e. The molecule has 2 bridgehead atoms. The molecule has 3 aromatic rings. The summed E-state index contributed by atoms with van der Waals surface area (Å²) in [5.41, 5.74) is 2.17. The molecule has 2 N–H and O–H groups in total. The van der Waals surface area contributed by atoms with E-state index in [-0.39, 0.29) is 23.9 Å². The van der Waals surface area contributed by atoms with Crippen molar-refractivity contribution < 1.29 is 19.0 Å². The Kier molecular flexibility index (Phi) is 5.37. The van der Waals surface area contributed by atoms with Crippen molar-refractivity contribution in [1.29, 1.82) is 0 Å². The van der Waals surface area contributed by atoms with Gasteiger partial charge in [-0.2, -0.15) is 5.10 Å². The Balaban J connectivity index is 1.30. The van der Waals surface area contributed by atoms with E-state index < -0.39 is 12.3 Å². The number of phenols is 1. The molecule has 10 heteroatoms. The zero-order valence-electron chi connectivity index (χ0n) is 17.2. The standard InChI is InChI=1S/C21H24FN5O3S/c1-11-5-6-27(26-11)13-3-4-15(17(28)9-13)20-24-25-21(31-20)30-18-8-12-7-14(29-2)10-16(23-12)19(18)22/h3-6,9,12,14,16,18-19,23,28H,7-8,10H2,1-2H3. The molecule has 0 saturated carbocycles. The van der Waals surface area contributed by atoms with Crippen LogP contribution in [-0.4, -0.2) is 62.7 Å². The summed E-state index contributed by atoms with van der Waals surface area (Å²) in [6.07, 6.45) is 2.22. The number of ether oxygens (including phenoxy) is 2. The van der Waals surface area contributed by atoms with Gasteiger partial charge in [0.2, 0.25) is 0 Å². The number of aromatic nitrogens is 4. The highest BCUT2D eigenvalue weighted by molar-refractivity contribution is 7.16. The SMILES string of the molecule is COC1CC2CC(Oc3nnc(-c4ccc(-n5ccc(C)n5)cc4O)s3)C(F)C(C1)N2. The second kappa shape index (κ2) is 8.18. The van der Waals surface area contributed by atoms with Gasteiger partial charge in [-0.05, 0) is 38.0 Å². The number of hydrogen-bond acceptors (Lipinski definition) is 8. The molecule has 1 aromatic carbocycles. The molecule has 0 amide bonds. The number of alkyl halides is 1. The minimum atomic E-state index is -1.15. The molecule has 5 unspecified atom stereocenters. The fourth-order valence-electron chi connectivity index (χ4n) is 4.39. The highest BCUT2D eigenvalue weighted by Crippen LogP contribution is 2.37. The average Bonchev–Trinajstić information content (AvgIpc) is 3.40. The lowest BCUT2D eigenvalue weighted by Crippen LogP contribution is -2.61. The van der Waals surface area contributed by atoms with Crippen molar-refractivity contribution in [2.24, 2.45) is 0 Å². The number of rotatable bonds is 5. The van der Waals surface area contributed by atoms with Crippen LogP contribution >= 0.6 is 11.3 Å². The van der Waals surface area contributed by atoms with Gasteiger partial charge in [0.15, 0.2) is 11.2 Å². The molecule has 4 heterocycles. The second-order valence-electron chi connectivity index (χ2n) is 8.11. The Bertz CT molecular complexity index is 1070. The monoisotopic (exact) mass is 445 g/mol. The van der Waals surface area contributed by atoms with Crippen LogP contribution in [0.25, 0.3) is 16.3 Å². The number of benzene rings is 1. The number of aryl methyl sites for hydroxylation is 1. The zero-order valence-corrected chi connectivity index (χ0v) is 18.1. The average molecular weight is 446 g/mol. The van der Waals surface area contributed by atoms with E-state index in [1.54, 1.807) is 23.9 Å². The van der Waals surface area contributed by atoms with Crippen molar-refractivity contribution in [1.82, 2.24) is 25.3 Å². The fourth-order valence-corrected chi connectivity index (χ4v) is 5.18. The minimum absolute atomic E-state index is 0.0683. The van der Waals surface area contributed by atoms with E-state index in [1.165, 1.54) is 11.3 Å². The van der Waals surface area contributed by atoms with Gasteiger partial charge < -0.3 is 19.9 Å². The molecule has 5 atom stereocenters. The first-order valence-electron chi connectivity index (χ1n) is 10.3. The van der Waals surface area contributed by atoms with Gasteiger partial charge in [0.25, 0.3) is 5.19 Å². The first-order valence-corrected chi connectivity index (χ1v) is 11.1. The third kappa shape index (κ3) is 4.02. The Morgan fingerprint density at radius 3 is 2.84 bits per heavy atom. The number of phenolic OH excluding ortho intramolecular Hbond substituents is 1. The number of nitrogens with zero attached hydrogens (tertiary/aromatic N) is 4. The van der Waals surface area contributed by atoms with Gasteiger partial charge in [-0.3, -0.25) is 0 Å². The van der Waals surface area contributed by atoms with E-state index in [4.69, 9.17) is 9.47 Å². The fraction of sp³-hybridized carbons (Fsp3) is 0.476. The van der Waals surface area contributed by atoms with Crippen LogP contribution in [0.5, 0.6) is 10.9 Å². The molecule has 2 aliphatic heterocycles. The van der Waals surface area contributed by atoms with Crippen LogP contribution in [-0.2, 0) is 4.74 Å². The van der Waals surface area contributed by atoms with E-state index in [0.717, 1.165) is 17.8 Å². The van der Waals surface area contributed by atoms with Crippen molar-refractivity contribution in [2.75, 3.05) is 7.11 Å². The first kappa shape index (κ1) is 20.3. The largest absolute Gasteiger partial charge is 0.507 e. The molecule has 8 nitrogen and oxygen atoms in total. The predicted molar refractivity (Wildman–Crippen MR) is 114 cm³/mol. The summed E-state index contributed by atoms with van der Waals surface area (Å²) in [6, 6.07) is 7.02. The van der Waals surface area contributed by atoms with Crippen LogP contribution in [0.3, 0.4) is 0 Å². The van der Waals surface area contributed by atoms with Crippen molar-refractivity contribution in [3.05, 3.63) is 36.2 Å². The Hall–Kier alpha value is -2.56. The highest BCUT2D eigenvalue weighted by Gasteiger charge is 2.44. The summed E-state index contributed by atoms with van der Waals surface area (Å²) in [5.74, 6) is 0.0683. The molecule has 164 valence electrons. The van der Waals surface area contributed by atoms with Crippen LogP contribution in [0, 0.1) is 6.92 Å². The highest BCUT2D eigenvalue weighted by atomic mass is 32.1. The quantitative estimate of drug-likeness (QED) is 0.623. The molecule has 5 rings (SSSR count). The third-order valence-corrected chi connectivity index (χ3v) is 6.81. The number of aromatic hydroxyl groups is 1. The first-order chi connectivity index (χ1) is 15.0. The lowest BCUT2D eigenvalue weighted by molar-refractivity contribution is -0.0379. The molecule has 2 aliphatic rings. The van der Waals surface area contributed by atoms with E-state index >= 15 is 0 Å². The molecular weight excluding hydrogens is 421 g/mol. The maximum absolute atomic E-state index is 15.0. The molecule has 2 aromatic heterocycles.